The topological polar surface area (TPSA) is 78.9 Å². The molecule has 0 atom stereocenters. The van der Waals surface area contributed by atoms with Crippen molar-refractivity contribution in [2.24, 2.45) is 23.7 Å². The lowest BCUT2D eigenvalue weighted by molar-refractivity contribution is -0.123. The lowest BCUT2D eigenvalue weighted by Crippen LogP contribution is -2.40. The van der Waals surface area contributed by atoms with Gasteiger partial charge in [0, 0.05) is 45.5 Å². The van der Waals surface area contributed by atoms with Crippen molar-refractivity contribution in [3.8, 4) is 0 Å². The molecule has 7 nitrogen and oxygen atoms in total. The molecule has 1 aromatic heterocycles. The molecule has 1 aliphatic heterocycles. The number of piperidine rings is 1. The Kier molecular flexibility index (Phi) is 10.8. The summed E-state index contributed by atoms with van der Waals surface area (Å²) in [6.07, 6.45) is 6.12. The quantitative estimate of drug-likeness (QED) is 0.251. The SMILES string of the molecule is CN=C(NCCCCN1CCC(C(N)=O)CC1)N(C)Cc1cccn1C.I. The van der Waals surface area contributed by atoms with Gasteiger partial charge in [-0.15, -0.1) is 24.0 Å². The van der Waals surface area contributed by atoms with Gasteiger partial charge in [0.1, 0.15) is 0 Å². The molecular formula is C19H35IN6O. The number of guanidine groups is 1. The molecule has 8 heteroatoms. The maximum absolute atomic E-state index is 11.2. The highest BCUT2D eigenvalue weighted by Gasteiger charge is 2.22. The lowest BCUT2D eigenvalue weighted by Gasteiger charge is -2.30. The van der Waals surface area contributed by atoms with Gasteiger partial charge in [-0.2, -0.15) is 0 Å². The minimum atomic E-state index is -0.139. The summed E-state index contributed by atoms with van der Waals surface area (Å²) in [4.78, 5) is 20.2. The van der Waals surface area contributed by atoms with E-state index in [0.717, 1.165) is 64.4 Å². The Morgan fingerprint density at radius 1 is 1.37 bits per heavy atom. The maximum atomic E-state index is 11.2. The normalized spacial score (nSPS) is 16.0. The van der Waals surface area contributed by atoms with E-state index in [1.54, 1.807) is 0 Å². The second-order valence-corrected chi connectivity index (χ2v) is 7.17. The number of likely N-dealkylation sites (tertiary alicyclic amines) is 1. The molecule has 0 spiro atoms. The van der Waals surface area contributed by atoms with Crippen LogP contribution in [0.3, 0.4) is 0 Å². The second kappa shape index (κ2) is 12.2. The van der Waals surface area contributed by atoms with Crippen molar-refractivity contribution in [2.75, 3.05) is 40.3 Å². The van der Waals surface area contributed by atoms with E-state index in [9.17, 15) is 4.79 Å². The summed E-state index contributed by atoms with van der Waals surface area (Å²) in [5.41, 5.74) is 6.65. The van der Waals surface area contributed by atoms with Gasteiger partial charge in [0.15, 0.2) is 5.96 Å². The molecule has 0 aliphatic carbocycles. The summed E-state index contributed by atoms with van der Waals surface area (Å²) < 4.78 is 2.13. The third-order valence-electron chi connectivity index (χ3n) is 5.20. The van der Waals surface area contributed by atoms with Gasteiger partial charge in [0.2, 0.25) is 5.91 Å². The number of aryl methyl sites for hydroxylation is 1. The third-order valence-corrected chi connectivity index (χ3v) is 5.20. The van der Waals surface area contributed by atoms with Crippen molar-refractivity contribution in [1.29, 1.82) is 0 Å². The first-order valence-electron chi connectivity index (χ1n) is 9.55. The maximum Gasteiger partial charge on any atom is 0.220 e. The molecule has 1 aliphatic rings. The minimum Gasteiger partial charge on any atom is -0.369 e. The van der Waals surface area contributed by atoms with Crippen molar-refractivity contribution in [1.82, 2.24) is 19.7 Å². The molecule has 27 heavy (non-hydrogen) atoms. The number of halogens is 1. The number of nitrogens with two attached hydrogens (primary N) is 1. The van der Waals surface area contributed by atoms with E-state index < -0.39 is 0 Å². The third kappa shape index (κ3) is 7.69. The van der Waals surface area contributed by atoms with Crippen LogP contribution in [0, 0.1) is 5.92 Å². The average Bonchev–Trinajstić information content (AvgIpc) is 3.03. The van der Waals surface area contributed by atoms with Gasteiger partial charge >= 0.3 is 0 Å². The fourth-order valence-electron chi connectivity index (χ4n) is 3.47. The van der Waals surface area contributed by atoms with Crippen LogP contribution in [0.15, 0.2) is 23.3 Å². The number of amides is 1. The predicted molar refractivity (Wildman–Crippen MR) is 121 cm³/mol. The summed E-state index contributed by atoms with van der Waals surface area (Å²) >= 11 is 0. The van der Waals surface area contributed by atoms with E-state index in [2.05, 4.69) is 57.1 Å². The van der Waals surface area contributed by atoms with Crippen LogP contribution >= 0.6 is 24.0 Å². The molecule has 0 unspecified atom stereocenters. The number of hydrogen-bond acceptors (Lipinski definition) is 3. The van der Waals surface area contributed by atoms with E-state index >= 15 is 0 Å². The molecule has 0 radical (unpaired) electrons. The molecule has 1 fully saturated rings. The van der Waals surface area contributed by atoms with E-state index in [1.807, 2.05) is 7.05 Å². The number of hydrogen-bond donors (Lipinski definition) is 2. The van der Waals surface area contributed by atoms with Crippen LogP contribution in [-0.4, -0.2) is 66.5 Å². The fourth-order valence-corrected chi connectivity index (χ4v) is 3.47. The van der Waals surface area contributed by atoms with Gasteiger partial charge < -0.3 is 25.4 Å². The molecule has 1 saturated heterocycles. The predicted octanol–water partition coefficient (Wildman–Crippen LogP) is 1.63. The molecule has 0 bridgehead atoms. The molecule has 0 saturated carbocycles. The van der Waals surface area contributed by atoms with Crippen LogP contribution in [-0.2, 0) is 18.4 Å². The first kappa shape index (κ1) is 23.7. The largest absolute Gasteiger partial charge is 0.369 e. The highest BCUT2D eigenvalue weighted by molar-refractivity contribution is 14.0. The Hall–Kier alpha value is -1.29. The van der Waals surface area contributed by atoms with Crippen molar-refractivity contribution in [2.45, 2.75) is 32.2 Å². The molecular weight excluding hydrogens is 455 g/mol. The standard InChI is InChI=1S/C19H34N6O.HI/c1-21-19(24(3)15-17-7-6-11-23(17)2)22-10-4-5-12-25-13-8-16(9-14-25)18(20)26;/h6-7,11,16H,4-5,8-10,12-15H2,1-3H3,(H2,20,26)(H,21,22);1H. The van der Waals surface area contributed by atoms with Crippen molar-refractivity contribution in [3.05, 3.63) is 24.0 Å². The minimum absolute atomic E-state index is 0. The molecule has 154 valence electrons. The van der Waals surface area contributed by atoms with Gasteiger partial charge in [-0.3, -0.25) is 9.79 Å². The number of aromatic nitrogens is 1. The number of nitrogens with zero attached hydrogens (tertiary/aromatic N) is 4. The molecule has 1 aromatic rings. The number of aliphatic imine (C=N–C) groups is 1. The first-order valence-corrected chi connectivity index (χ1v) is 9.55. The fraction of sp³-hybridized carbons (Fsp3) is 0.684. The summed E-state index contributed by atoms with van der Waals surface area (Å²) in [5, 5.41) is 3.45. The Labute approximate surface area is 180 Å². The zero-order valence-electron chi connectivity index (χ0n) is 16.9. The Bertz CT molecular complexity index is 595. The van der Waals surface area contributed by atoms with Crippen molar-refractivity contribution in [3.63, 3.8) is 0 Å². The van der Waals surface area contributed by atoms with Gasteiger partial charge in [-0.25, -0.2) is 0 Å². The van der Waals surface area contributed by atoms with Crippen LogP contribution in [0.2, 0.25) is 0 Å². The highest BCUT2D eigenvalue weighted by atomic mass is 127. The zero-order valence-corrected chi connectivity index (χ0v) is 19.2. The number of primary amides is 1. The van der Waals surface area contributed by atoms with Gasteiger partial charge in [-0.1, -0.05) is 0 Å². The summed E-state index contributed by atoms with van der Waals surface area (Å²) in [6, 6.07) is 4.19. The number of nitrogens with one attached hydrogen (secondary N) is 1. The van der Waals surface area contributed by atoms with Crippen molar-refractivity contribution >= 4 is 35.8 Å². The van der Waals surface area contributed by atoms with E-state index in [-0.39, 0.29) is 35.8 Å². The van der Waals surface area contributed by atoms with Crippen LogP contribution < -0.4 is 11.1 Å². The number of rotatable bonds is 8. The smallest absolute Gasteiger partial charge is 0.220 e. The van der Waals surface area contributed by atoms with Crippen LogP contribution in [0.1, 0.15) is 31.4 Å². The first-order chi connectivity index (χ1) is 12.5. The summed E-state index contributed by atoms with van der Waals surface area (Å²) in [7, 11) is 5.95. The Morgan fingerprint density at radius 3 is 2.63 bits per heavy atom. The van der Waals surface area contributed by atoms with E-state index in [1.165, 1.54) is 5.69 Å². The van der Waals surface area contributed by atoms with Gasteiger partial charge in [0.25, 0.3) is 0 Å². The molecule has 2 rings (SSSR count). The summed E-state index contributed by atoms with van der Waals surface area (Å²) in [5.74, 6) is 0.865. The molecule has 2 heterocycles. The van der Waals surface area contributed by atoms with Crippen LogP contribution in [0.5, 0.6) is 0 Å². The number of carbonyl (C=O) groups is 1. The van der Waals surface area contributed by atoms with Gasteiger partial charge in [-0.05, 0) is 57.5 Å². The van der Waals surface area contributed by atoms with Crippen molar-refractivity contribution < 1.29 is 4.79 Å². The molecule has 0 aromatic carbocycles. The average molecular weight is 490 g/mol. The zero-order chi connectivity index (χ0) is 18.9. The van der Waals surface area contributed by atoms with Crippen LogP contribution in [0.4, 0.5) is 0 Å². The summed E-state index contributed by atoms with van der Waals surface area (Å²) in [6.45, 7) is 4.81. The Morgan fingerprint density at radius 2 is 2.07 bits per heavy atom. The Balaban J connectivity index is 0.00000364. The highest BCUT2D eigenvalue weighted by Crippen LogP contribution is 2.16. The van der Waals surface area contributed by atoms with Gasteiger partial charge in [0.05, 0.1) is 6.54 Å². The number of unbranched alkanes of at least 4 members (excludes halogenated alkanes) is 1. The van der Waals surface area contributed by atoms with E-state index in [0.29, 0.717) is 0 Å². The molecule has 1 amide bonds. The monoisotopic (exact) mass is 490 g/mol. The number of carbonyl (C=O) groups excluding carboxylic acids is 1. The van der Waals surface area contributed by atoms with Crippen LogP contribution in [0.25, 0.3) is 0 Å². The molecule has 3 N–H and O–H groups in total. The second-order valence-electron chi connectivity index (χ2n) is 7.17. The lowest BCUT2D eigenvalue weighted by atomic mass is 9.96. The van der Waals surface area contributed by atoms with E-state index in [4.69, 9.17) is 5.73 Å².